The first-order valence-corrected chi connectivity index (χ1v) is 7.62. The number of rotatable bonds is 7. The van der Waals surface area contributed by atoms with Crippen LogP contribution in [0.3, 0.4) is 0 Å². The smallest absolute Gasteiger partial charge is 0.150 e. The lowest BCUT2D eigenvalue weighted by molar-refractivity contribution is 0.573. The number of nitrogens with two attached hydrogens (primary N) is 1. The summed E-state index contributed by atoms with van der Waals surface area (Å²) in [5.74, 6) is 1.53. The van der Waals surface area contributed by atoms with Crippen LogP contribution in [0.2, 0.25) is 0 Å². The Balaban J connectivity index is 3.81. The summed E-state index contributed by atoms with van der Waals surface area (Å²) in [5, 5.41) is 0. The fraction of sp³-hybridized carbons (Fsp3) is 1.00. The maximum Gasteiger partial charge on any atom is 0.150 e. The van der Waals surface area contributed by atoms with Crippen LogP contribution in [-0.4, -0.2) is 38.5 Å². The topological polar surface area (TPSA) is 60.2 Å². The average Bonchev–Trinajstić information content (AvgIpc) is 2.03. The molecule has 13 heavy (non-hydrogen) atoms. The van der Waals surface area contributed by atoms with Crippen molar-refractivity contribution in [2.24, 2.45) is 11.7 Å². The molecule has 1 atom stereocenters. The van der Waals surface area contributed by atoms with Crippen molar-refractivity contribution in [3.8, 4) is 0 Å². The van der Waals surface area contributed by atoms with E-state index in [9.17, 15) is 8.42 Å². The van der Waals surface area contributed by atoms with E-state index in [0.717, 1.165) is 12.2 Å². The molecule has 3 nitrogen and oxygen atoms in total. The molecule has 0 aliphatic carbocycles. The van der Waals surface area contributed by atoms with E-state index in [4.69, 9.17) is 5.73 Å². The Morgan fingerprint density at radius 2 is 2.08 bits per heavy atom. The fourth-order valence-corrected chi connectivity index (χ4v) is 3.38. The zero-order valence-corrected chi connectivity index (χ0v) is 9.96. The predicted molar refractivity (Wildman–Crippen MR) is 59.9 cm³/mol. The molecule has 0 saturated carbocycles. The van der Waals surface area contributed by atoms with Crippen LogP contribution < -0.4 is 5.73 Å². The molecule has 0 radical (unpaired) electrons. The Labute approximate surface area is 85.4 Å². The van der Waals surface area contributed by atoms with Gasteiger partial charge >= 0.3 is 0 Å². The summed E-state index contributed by atoms with van der Waals surface area (Å²) < 4.78 is 22.8. The van der Waals surface area contributed by atoms with Gasteiger partial charge in [0, 0.05) is 0 Å². The molecule has 0 aromatic carbocycles. The van der Waals surface area contributed by atoms with Crippen molar-refractivity contribution >= 4 is 21.6 Å². The molecule has 0 rings (SSSR count). The van der Waals surface area contributed by atoms with E-state index in [2.05, 4.69) is 0 Å². The van der Waals surface area contributed by atoms with Crippen molar-refractivity contribution in [2.75, 3.05) is 30.1 Å². The Kier molecular flexibility index (Phi) is 6.81. The summed E-state index contributed by atoms with van der Waals surface area (Å²) in [7, 11) is -2.86. The van der Waals surface area contributed by atoms with E-state index < -0.39 is 9.84 Å². The SMILES string of the molecule is CSCCCS(=O)(=O)CC(C)CN. The molecule has 0 amide bonds. The normalized spacial score (nSPS) is 14.4. The van der Waals surface area contributed by atoms with Gasteiger partial charge in [0.15, 0.2) is 9.84 Å². The monoisotopic (exact) mass is 225 g/mol. The zero-order chi connectivity index (χ0) is 10.3. The molecule has 0 spiro atoms. The third kappa shape index (κ3) is 7.34. The van der Waals surface area contributed by atoms with E-state index in [1.54, 1.807) is 11.8 Å². The van der Waals surface area contributed by atoms with E-state index in [-0.39, 0.29) is 11.7 Å². The molecule has 0 aliphatic heterocycles. The predicted octanol–water partition coefficient (Wildman–Crippen LogP) is 0.749. The summed E-state index contributed by atoms with van der Waals surface area (Å²) in [5.41, 5.74) is 5.37. The van der Waals surface area contributed by atoms with Crippen molar-refractivity contribution in [1.82, 2.24) is 0 Å². The summed E-state index contributed by atoms with van der Waals surface area (Å²) in [6.45, 7) is 2.31. The fourth-order valence-electron chi connectivity index (χ4n) is 1.01. The minimum absolute atomic E-state index is 0.0827. The highest BCUT2D eigenvalue weighted by Crippen LogP contribution is 2.04. The molecular weight excluding hydrogens is 206 g/mol. The molecule has 0 fully saturated rings. The van der Waals surface area contributed by atoms with Crippen LogP contribution in [-0.2, 0) is 9.84 Å². The summed E-state index contributed by atoms with van der Waals surface area (Å²) >= 11 is 1.68. The first kappa shape index (κ1) is 13.3. The minimum atomic E-state index is -2.86. The van der Waals surface area contributed by atoms with Gasteiger partial charge in [-0.25, -0.2) is 8.42 Å². The van der Waals surface area contributed by atoms with Crippen molar-refractivity contribution in [3.63, 3.8) is 0 Å². The molecule has 2 N–H and O–H groups in total. The molecule has 5 heteroatoms. The standard InChI is InChI=1S/C8H19NO2S2/c1-8(6-9)7-13(10,11)5-3-4-12-2/h8H,3-7,9H2,1-2H3. The summed E-state index contributed by atoms with van der Waals surface area (Å²) in [6, 6.07) is 0. The maximum absolute atomic E-state index is 11.4. The van der Waals surface area contributed by atoms with Crippen LogP contribution in [0.15, 0.2) is 0 Å². The van der Waals surface area contributed by atoms with E-state index in [1.807, 2.05) is 13.2 Å². The second-order valence-corrected chi connectivity index (χ2v) is 6.52. The van der Waals surface area contributed by atoms with Gasteiger partial charge < -0.3 is 5.73 Å². The lowest BCUT2D eigenvalue weighted by Crippen LogP contribution is -2.23. The first-order chi connectivity index (χ1) is 6.02. The average molecular weight is 225 g/mol. The van der Waals surface area contributed by atoms with Crippen molar-refractivity contribution < 1.29 is 8.42 Å². The van der Waals surface area contributed by atoms with Gasteiger partial charge in [-0.2, -0.15) is 11.8 Å². The van der Waals surface area contributed by atoms with Gasteiger partial charge in [-0.15, -0.1) is 0 Å². The number of hydrogen-bond donors (Lipinski definition) is 1. The van der Waals surface area contributed by atoms with Gasteiger partial charge in [-0.3, -0.25) is 0 Å². The quantitative estimate of drug-likeness (QED) is 0.650. The molecule has 1 unspecified atom stereocenters. The van der Waals surface area contributed by atoms with E-state index in [0.29, 0.717) is 12.3 Å². The second kappa shape index (κ2) is 6.68. The lowest BCUT2D eigenvalue weighted by atomic mass is 10.2. The van der Waals surface area contributed by atoms with Gasteiger partial charge in [0.2, 0.25) is 0 Å². The summed E-state index contributed by atoms with van der Waals surface area (Å²) in [6.07, 6.45) is 2.73. The minimum Gasteiger partial charge on any atom is -0.330 e. The van der Waals surface area contributed by atoms with Gasteiger partial charge in [-0.1, -0.05) is 6.92 Å². The molecule has 0 aromatic rings. The number of hydrogen-bond acceptors (Lipinski definition) is 4. The maximum atomic E-state index is 11.4. The van der Waals surface area contributed by atoms with Crippen LogP contribution in [0.1, 0.15) is 13.3 Å². The molecule has 0 aromatic heterocycles. The molecule has 0 aliphatic rings. The highest BCUT2D eigenvalue weighted by atomic mass is 32.2. The van der Waals surface area contributed by atoms with E-state index >= 15 is 0 Å². The summed E-state index contributed by atoms with van der Waals surface area (Å²) in [4.78, 5) is 0. The van der Waals surface area contributed by atoms with Crippen molar-refractivity contribution in [2.45, 2.75) is 13.3 Å². The Bertz CT molecular complexity index is 214. The van der Waals surface area contributed by atoms with Crippen LogP contribution in [0, 0.1) is 5.92 Å². The van der Waals surface area contributed by atoms with Crippen LogP contribution in [0.5, 0.6) is 0 Å². The Morgan fingerprint density at radius 3 is 2.54 bits per heavy atom. The van der Waals surface area contributed by atoms with Crippen molar-refractivity contribution in [1.29, 1.82) is 0 Å². The zero-order valence-electron chi connectivity index (χ0n) is 8.32. The molecular formula is C8H19NO2S2. The first-order valence-electron chi connectivity index (χ1n) is 4.41. The highest BCUT2D eigenvalue weighted by molar-refractivity contribution is 7.98. The van der Waals surface area contributed by atoms with Crippen LogP contribution in [0.25, 0.3) is 0 Å². The Hall–Kier alpha value is 0.260. The lowest BCUT2D eigenvalue weighted by Gasteiger charge is -2.08. The molecule has 0 saturated heterocycles. The van der Waals surface area contributed by atoms with Gasteiger partial charge in [0.1, 0.15) is 0 Å². The molecule has 80 valence electrons. The van der Waals surface area contributed by atoms with Crippen LogP contribution in [0.4, 0.5) is 0 Å². The van der Waals surface area contributed by atoms with Crippen LogP contribution >= 0.6 is 11.8 Å². The highest BCUT2D eigenvalue weighted by Gasteiger charge is 2.13. The van der Waals surface area contributed by atoms with Gasteiger partial charge in [-0.05, 0) is 30.9 Å². The van der Waals surface area contributed by atoms with Gasteiger partial charge in [0.05, 0.1) is 11.5 Å². The molecule has 0 heterocycles. The van der Waals surface area contributed by atoms with E-state index in [1.165, 1.54) is 0 Å². The number of thioether (sulfide) groups is 1. The third-order valence-electron chi connectivity index (χ3n) is 1.74. The van der Waals surface area contributed by atoms with Gasteiger partial charge in [0.25, 0.3) is 0 Å². The second-order valence-electron chi connectivity index (χ2n) is 3.30. The molecule has 0 bridgehead atoms. The van der Waals surface area contributed by atoms with Crippen molar-refractivity contribution in [3.05, 3.63) is 0 Å². The third-order valence-corrected chi connectivity index (χ3v) is 4.43. The number of sulfone groups is 1. The largest absolute Gasteiger partial charge is 0.330 e. The Morgan fingerprint density at radius 1 is 1.46 bits per heavy atom.